The number of esters is 5. The summed E-state index contributed by atoms with van der Waals surface area (Å²) in [5.74, 6) is -5.29. The van der Waals surface area contributed by atoms with Crippen molar-refractivity contribution in [1.82, 2.24) is 10.6 Å². The molecular formula is C30H38I3N3O13. The highest BCUT2D eigenvalue weighted by molar-refractivity contribution is 14.1. The largest absolute Gasteiger partial charge is 0.466 e. The molecule has 1 rings (SSSR count). The molecule has 16 nitrogen and oxygen atoms in total. The van der Waals surface area contributed by atoms with Crippen LogP contribution in [0.2, 0.25) is 0 Å². The summed E-state index contributed by atoms with van der Waals surface area (Å²) < 4.78 is 26.1. The van der Waals surface area contributed by atoms with E-state index in [0.717, 1.165) is 13.8 Å². The van der Waals surface area contributed by atoms with E-state index >= 15 is 0 Å². The number of hydrogen-bond donors (Lipinski definition) is 2. The van der Waals surface area contributed by atoms with Gasteiger partial charge in [0.15, 0.2) is 12.2 Å². The lowest BCUT2D eigenvalue weighted by atomic mass is 10.0. The zero-order valence-electron chi connectivity index (χ0n) is 27.9. The number of halogens is 3. The summed E-state index contributed by atoms with van der Waals surface area (Å²) in [7, 11) is 0. The number of amides is 3. The van der Waals surface area contributed by atoms with Crippen molar-refractivity contribution in [2.24, 2.45) is 5.92 Å². The second-order valence-corrected chi connectivity index (χ2v) is 13.8. The molecule has 0 spiro atoms. The number of hydrogen-bond acceptors (Lipinski definition) is 13. The lowest BCUT2D eigenvalue weighted by Gasteiger charge is -2.29. The highest BCUT2D eigenvalue weighted by atomic mass is 127. The summed E-state index contributed by atoms with van der Waals surface area (Å²) in [6, 6.07) is 0. The van der Waals surface area contributed by atoms with Crippen LogP contribution >= 0.6 is 67.8 Å². The fraction of sp³-hybridized carbons (Fsp3) is 0.533. The molecule has 0 aromatic heterocycles. The Labute approximate surface area is 324 Å². The molecule has 1 aromatic rings. The molecule has 0 fully saturated rings. The number of ether oxygens (including phenoxy) is 5. The average Bonchev–Trinajstić information content (AvgIpc) is 2.97. The third-order valence-corrected chi connectivity index (χ3v) is 9.23. The number of nitrogens with zero attached hydrogens (tertiary/aromatic N) is 1. The molecule has 3 atom stereocenters. The van der Waals surface area contributed by atoms with Crippen LogP contribution in [0.3, 0.4) is 0 Å². The van der Waals surface area contributed by atoms with Gasteiger partial charge in [0.1, 0.15) is 13.2 Å². The van der Waals surface area contributed by atoms with Crippen molar-refractivity contribution in [3.63, 3.8) is 0 Å². The fourth-order valence-corrected chi connectivity index (χ4v) is 8.77. The standard InChI is InChI=1S/C30H38I3N3O13/c1-14(11-45-16(3)38)10-36(15(2)37)28-26(32)23(29(43)34-8-21(48-19(6)41)12-46-17(4)39)25(31)24(27(28)33)30(44)35-9-22(49-20(7)42)13-47-18(5)40/h14,21-22H,8-13H2,1-7H3,(H,34,43)(H,35,44). The second-order valence-electron chi connectivity index (χ2n) is 10.6. The van der Waals surface area contributed by atoms with Gasteiger partial charge >= 0.3 is 29.8 Å². The lowest BCUT2D eigenvalue weighted by Crippen LogP contribution is -2.41. The van der Waals surface area contributed by atoms with Crippen LogP contribution in [-0.2, 0) is 52.5 Å². The zero-order valence-corrected chi connectivity index (χ0v) is 34.3. The third kappa shape index (κ3) is 15.3. The van der Waals surface area contributed by atoms with Crippen LogP contribution in [0.15, 0.2) is 0 Å². The van der Waals surface area contributed by atoms with E-state index in [1.54, 1.807) is 6.92 Å². The molecule has 272 valence electrons. The van der Waals surface area contributed by atoms with E-state index in [0.29, 0.717) is 7.14 Å². The van der Waals surface area contributed by atoms with Crippen LogP contribution in [0.1, 0.15) is 69.2 Å². The van der Waals surface area contributed by atoms with Crippen LogP contribution in [0, 0.1) is 16.6 Å². The van der Waals surface area contributed by atoms with E-state index in [1.807, 2.05) is 67.8 Å². The van der Waals surface area contributed by atoms with Crippen molar-refractivity contribution in [2.45, 2.75) is 60.7 Å². The summed E-state index contributed by atoms with van der Waals surface area (Å²) in [5, 5.41) is 5.29. The molecule has 49 heavy (non-hydrogen) atoms. The van der Waals surface area contributed by atoms with Crippen LogP contribution in [0.4, 0.5) is 5.69 Å². The highest BCUT2D eigenvalue weighted by Crippen LogP contribution is 2.38. The third-order valence-electron chi connectivity index (χ3n) is 6.05. The normalized spacial score (nSPS) is 12.4. The minimum absolute atomic E-state index is 0.00291. The van der Waals surface area contributed by atoms with E-state index < -0.39 is 59.8 Å². The van der Waals surface area contributed by atoms with Gasteiger partial charge in [-0.25, -0.2) is 0 Å². The van der Waals surface area contributed by atoms with Gasteiger partial charge in [0.25, 0.3) is 11.8 Å². The number of rotatable bonds is 17. The first-order valence-corrected chi connectivity index (χ1v) is 17.8. The van der Waals surface area contributed by atoms with E-state index in [-0.39, 0.29) is 65.8 Å². The average molecular weight is 1030 g/mol. The quantitative estimate of drug-likeness (QED) is 0.131. The topological polar surface area (TPSA) is 210 Å². The van der Waals surface area contributed by atoms with E-state index in [4.69, 9.17) is 23.7 Å². The summed E-state index contributed by atoms with van der Waals surface area (Å²) in [5.41, 5.74) is 0.240. The van der Waals surface area contributed by atoms with E-state index in [2.05, 4.69) is 10.6 Å². The number of benzene rings is 1. The van der Waals surface area contributed by atoms with Gasteiger partial charge in [-0.2, -0.15) is 0 Å². The maximum absolute atomic E-state index is 13.8. The van der Waals surface area contributed by atoms with E-state index in [9.17, 15) is 38.4 Å². The predicted octanol–water partition coefficient (Wildman–Crippen LogP) is 2.50. The van der Waals surface area contributed by atoms with Gasteiger partial charge in [-0.3, -0.25) is 38.4 Å². The SMILES string of the molecule is CC(=O)OCC(C)CN(C(C)=O)c1c(I)c(C(=O)NCC(COC(C)=O)OC(C)=O)c(I)c(C(=O)NCC(COC(C)=O)OC(C)=O)c1I. The monoisotopic (exact) mass is 1030 g/mol. The number of nitrogens with one attached hydrogen (secondary N) is 2. The van der Waals surface area contributed by atoms with Gasteiger partial charge in [0.2, 0.25) is 5.91 Å². The molecule has 0 aliphatic heterocycles. The minimum Gasteiger partial charge on any atom is -0.466 e. The smallest absolute Gasteiger partial charge is 0.303 e. The molecular weight excluding hydrogens is 991 g/mol. The Morgan fingerprint density at radius 3 is 1.29 bits per heavy atom. The van der Waals surface area contributed by atoms with Crippen molar-refractivity contribution in [2.75, 3.05) is 44.4 Å². The Bertz CT molecular complexity index is 1370. The van der Waals surface area contributed by atoms with Gasteiger partial charge in [-0.05, 0) is 67.8 Å². The van der Waals surface area contributed by atoms with E-state index in [1.165, 1.54) is 32.6 Å². The first-order chi connectivity index (χ1) is 22.8. The number of anilines is 1. The molecule has 0 aliphatic carbocycles. The molecule has 0 aliphatic rings. The zero-order chi connectivity index (χ0) is 37.6. The molecule has 3 amide bonds. The highest BCUT2D eigenvalue weighted by Gasteiger charge is 2.32. The van der Waals surface area contributed by atoms with Crippen LogP contribution in [0.5, 0.6) is 0 Å². The molecule has 3 unspecified atom stereocenters. The summed E-state index contributed by atoms with van der Waals surface area (Å²) in [6.45, 7) is 7.82. The Morgan fingerprint density at radius 2 is 0.959 bits per heavy atom. The second kappa shape index (κ2) is 21.4. The number of carbonyl (C=O) groups is 8. The first-order valence-electron chi connectivity index (χ1n) is 14.6. The minimum atomic E-state index is -1.03. The van der Waals surface area contributed by atoms with Gasteiger partial charge in [-0.1, -0.05) is 6.92 Å². The number of carbonyl (C=O) groups excluding carboxylic acids is 8. The molecule has 0 heterocycles. The molecule has 0 saturated carbocycles. The van der Waals surface area contributed by atoms with Crippen molar-refractivity contribution in [3.05, 3.63) is 21.8 Å². The van der Waals surface area contributed by atoms with Gasteiger partial charge in [-0.15, -0.1) is 0 Å². The van der Waals surface area contributed by atoms with Gasteiger partial charge in [0.05, 0.1) is 43.7 Å². The van der Waals surface area contributed by atoms with Crippen molar-refractivity contribution >= 4 is 121 Å². The maximum Gasteiger partial charge on any atom is 0.303 e. The molecule has 19 heteroatoms. The Kier molecular flexibility index (Phi) is 19.3. The first kappa shape index (κ1) is 44.2. The summed E-state index contributed by atoms with van der Waals surface area (Å²) in [6.07, 6.45) is -2.06. The lowest BCUT2D eigenvalue weighted by molar-refractivity contribution is -0.155. The molecule has 2 N–H and O–H groups in total. The Balaban J connectivity index is 3.74. The van der Waals surface area contributed by atoms with Crippen LogP contribution < -0.4 is 15.5 Å². The Morgan fingerprint density at radius 1 is 0.592 bits per heavy atom. The molecule has 0 saturated heterocycles. The van der Waals surface area contributed by atoms with Crippen molar-refractivity contribution < 1.29 is 62.0 Å². The Hall–Kier alpha value is -2.83. The molecule has 1 aromatic carbocycles. The summed E-state index contributed by atoms with van der Waals surface area (Å²) >= 11 is 5.62. The fourth-order valence-electron chi connectivity index (χ4n) is 4.04. The van der Waals surface area contributed by atoms with Crippen molar-refractivity contribution in [1.29, 1.82) is 0 Å². The predicted molar refractivity (Wildman–Crippen MR) is 197 cm³/mol. The molecule has 0 bridgehead atoms. The molecule has 0 radical (unpaired) electrons. The van der Waals surface area contributed by atoms with Crippen LogP contribution in [0.25, 0.3) is 0 Å². The van der Waals surface area contributed by atoms with Gasteiger partial charge < -0.3 is 39.2 Å². The van der Waals surface area contributed by atoms with Crippen LogP contribution in [-0.4, -0.2) is 99.2 Å². The van der Waals surface area contributed by atoms with Gasteiger partial charge in [0, 0.05) is 57.6 Å². The maximum atomic E-state index is 13.8. The summed E-state index contributed by atoms with van der Waals surface area (Å²) in [4.78, 5) is 99.4. The van der Waals surface area contributed by atoms with Crippen molar-refractivity contribution in [3.8, 4) is 0 Å².